The normalized spacial score (nSPS) is 10.9. The Hall–Kier alpha value is -3.12. The molecule has 2 aromatic heterocycles. The number of rotatable bonds is 4. The van der Waals surface area contributed by atoms with Crippen molar-refractivity contribution in [3.05, 3.63) is 82.6 Å². The lowest BCUT2D eigenvalue weighted by atomic mass is 10.1. The predicted octanol–water partition coefficient (Wildman–Crippen LogP) is 3.40. The molecule has 0 N–H and O–H groups in total. The monoisotopic (exact) mass is 347 g/mol. The summed E-state index contributed by atoms with van der Waals surface area (Å²) < 4.78 is 1.12. The van der Waals surface area contributed by atoms with Gasteiger partial charge in [-0.15, -0.1) is 16.4 Å². The van der Waals surface area contributed by atoms with Crippen molar-refractivity contribution in [1.82, 2.24) is 15.0 Å². The van der Waals surface area contributed by atoms with Gasteiger partial charge in [-0.2, -0.15) is 0 Å². The van der Waals surface area contributed by atoms with Crippen molar-refractivity contribution in [1.29, 1.82) is 0 Å². The SMILES string of the molecule is O=C(Cn1nnc2sc(-c3ccccc3)cc2c1=O)c1ccccc1. The molecule has 0 amide bonds. The Morgan fingerprint density at radius 3 is 2.40 bits per heavy atom. The molecule has 0 radical (unpaired) electrons. The molecule has 4 rings (SSSR count). The Morgan fingerprint density at radius 2 is 1.68 bits per heavy atom. The highest BCUT2D eigenvalue weighted by Crippen LogP contribution is 2.30. The highest BCUT2D eigenvalue weighted by Gasteiger charge is 2.14. The van der Waals surface area contributed by atoms with Crippen LogP contribution in [0.1, 0.15) is 10.4 Å². The van der Waals surface area contributed by atoms with Gasteiger partial charge in [0, 0.05) is 10.4 Å². The van der Waals surface area contributed by atoms with E-state index in [0.29, 0.717) is 15.8 Å². The second-order valence-electron chi connectivity index (χ2n) is 5.54. The molecule has 5 nitrogen and oxygen atoms in total. The number of aromatic nitrogens is 3. The first-order chi connectivity index (χ1) is 12.2. The van der Waals surface area contributed by atoms with Gasteiger partial charge in [0.15, 0.2) is 10.6 Å². The average Bonchev–Trinajstić information content (AvgIpc) is 3.11. The van der Waals surface area contributed by atoms with Crippen molar-refractivity contribution in [3.8, 4) is 10.4 Å². The van der Waals surface area contributed by atoms with E-state index in [-0.39, 0.29) is 17.9 Å². The number of fused-ring (bicyclic) bond motifs is 1. The average molecular weight is 347 g/mol. The Kier molecular flexibility index (Phi) is 3.95. The van der Waals surface area contributed by atoms with Crippen molar-refractivity contribution in [3.63, 3.8) is 0 Å². The minimum atomic E-state index is -0.298. The van der Waals surface area contributed by atoms with Gasteiger partial charge in [0.2, 0.25) is 0 Å². The molecule has 0 aliphatic heterocycles. The maximum Gasteiger partial charge on any atom is 0.278 e. The summed E-state index contributed by atoms with van der Waals surface area (Å²) in [6.07, 6.45) is 0. The molecule has 0 unspecified atom stereocenters. The summed E-state index contributed by atoms with van der Waals surface area (Å²) in [5, 5.41) is 8.52. The van der Waals surface area contributed by atoms with Gasteiger partial charge in [-0.3, -0.25) is 9.59 Å². The van der Waals surface area contributed by atoms with Crippen molar-refractivity contribution in [2.45, 2.75) is 6.54 Å². The van der Waals surface area contributed by atoms with E-state index in [1.807, 2.05) is 42.5 Å². The van der Waals surface area contributed by atoms with E-state index in [1.165, 1.54) is 11.3 Å². The fourth-order valence-electron chi connectivity index (χ4n) is 2.58. The summed E-state index contributed by atoms with van der Waals surface area (Å²) in [4.78, 5) is 26.5. The van der Waals surface area contributed by atoms with E-state index in [0.717, 1.165) is 15.1 Å². The Morgan fingerprint density at radius 1 is 1.00 bits per heavy atom. The number of nitrogens with zero attached hydrogens (tertiary/aromatic N) is 3. The van der Waals surface area contributed by atoms with E-state index in [9.17, 15) is 9.59 Å². The Labute approximate surface area is 147 Å². The van der Waals surface area contributed by atoms with Gasteiger partial charge >= 0.3 is 0 Å². The number of thiophene rings is 1. The van der Waals surface area contributed by atoms with Crippen molar-refractivity contribution < 1.29 is 4.79 Å². The van der Waals surface area contributed by atoms with Crippen LogP contribution in [-0.4, -0.2) is 20.8 Å². The maximum atomic E-state index is 12.7. The van der Waals surface area contributed by atoms with E-state index in [1.54, 1.807) is 24.3 Å². The molecule has 0 spiro atoms. The smallest absolute Gasteiger partial charge is 0.278 e. The first-order valence-corrected chi connectivity index (χ1v) is 8.55. The van der Waals surface area contributed by atoms with Gasteiger partial charge in [0.25, 0.3) is 5.56 Å². The molecule has 0 aliphatic carbocycles. The van der Waals surface area contributed by atoms with Gasteiger partial charge in [-0.25, -0.2) is 4.68 Å². The van der Waals surface area contributed by atoms with E-state index >= 15 is 0 Å². The molecular formula is C19H13N3O2S. The molecule has 122 valence electrons. The van der Waals surface area contributed by atoms with Crippen molar-refractivity contribution >= 4 is 27.3 Å². The lowest BCUT2D eigenvalue weighted by Crippen LogP contribution is -2.27. The molecule has 0 saturated carbocycles. The third-order valence-corrected chi connectivity index (χ3v) is 4.94. The van der Waals surface area contributed by atoms with Crippen molar-refractivity contribution in [2.24, 2.45) is 0 Å². The number of ketones is 1. The second kappa shape index (κ2) is 6.41. The lowest BCUT2D eigenvalue weighted by molar-refractivity contribution is 0.0964. The third-order valence-electron chi connectivity index (χ3n) is 3.87. The van der Waals surface area contributed by atoms with Crippen LogP contribution < -0.4 is 5.56 Å². The zero-order valence-electron chi connectivity index (χ0n) is 13.1. The highest BCUT2D eigenvalue weighted by molar-refractivity contribution is 7.21. The molecular weight excluding hydrogens is 334 g/mol. The van der Waals surface area contributed by atoms with Crippen LogP contribution in [0.2, 0.25) is 0 Å². The van der Waals surface area contributed by atoms with Gasteiger partial charge in [-0.05, 0) is 11.6 Å². The van der Waals surface area contributed by atoms with E-state index < -0.39 is 0 Å². The summed E-state index contributed by atoms with van der Waals surface area (Å²) >= 11 is 1.42. The molecule has 0 aliphatic rings. The van der Waals surface area contributed by atoms with Gasteiger partial charge in [-0.1, -0.05) is 65.9 Å². The van der Waals surface area contributed by atoms with Crippen LogP contribution in [0.3, 0.4) is 0 Å². The van der Waals surface area contributed by atoms with E-state index in [2.05, 4.69) is 10.3 Å². The number of benzene rings is 2. The molecule has 0 fully saturated rings. The minimum absolute atomic E-state index is 0.123. The van der Waals surface area contributed by atoms with Crippen LogP contribution in [0.25, 0.3) is 20.7 Å². The standard InChI is InChI=1S/C19H13N3O2S/c23-16(13-7-3-1-4-8-13)12-22-19(24)15-11-17(25-18(15)20-21-22)14-9-5-2-6-10-14/h1-11H,12H2. The molecule has 4 aromatic rings. The highest BCUT2D eigenvalue weighted by atomic mass is 32.1. The zero-order valence-corrected chi connectivity index (χ0v) is 13.9. The van der Waals surface area contributed by atoms with Crippen LogP contribution in [0.4, 0.5) is 0 Å². The summed E-state index contributed by atoms with van der Waals surface area (Å²) in [5.74, 6) is -0.171. The minimum Gasteiger partial charge on any atom is -0.292 e. The fourth-order valence-corrected chi connectivity index (χ4v) is 3.56. The molecule has 0 atom stereocenters. The second-order valence-corrected chi connectivity index (χ2v) is 6.57. The zero-order chi connectivity index (χ0) is 17.2. The van der Waals surface area contributed by atoms with Gasteiger partial charge < -0.3 is 0 Å². The molecule has 0 bridgehead atoms. The fraction of sp³-hybridized carbons (Fsp3) is 0.0526. The van der Waals surface area contributed by atoms with Crippen molar-refractivity contribution in [2.75, 3.05) is 0 Å². The molecule has 6 heteroatoms. The molecule has 2 aromatic carbocycles. The number of carbonyl (C=O) groups excluding carboxylic acids is 1. The van der Waals surface area contributed by atoms with Crippen LogP contribution in [-0.2, 0) is 6.54 Å². The predicted molar refractivity (Wildman–Crippen MR) is 97.9 cm³/mol. The Bertz CT molecular complexity index is 1100. The van der Waals surface area contributed by atoms with Crippen LogP contribution in [0.15, 0.2) is 71.5 Å². The maximum absolute atomic E-state index is 12.7. The number of carbonyl (C=O) groups is 1. The quantitative estimate of drug-likeness (QED) is 0.531. The number of hydrogen-bond acceptors (Lipinski definition) is 5. The van der Waals surface area contributed by atoms with Gasteiger partial charge in [0.05, 0.1) is 5.39 Å². The molecule has 2 heterocycles. The molecule has 0 saturated heterocycles. The first kappa shape index (κ1) is 15.4. The summed E-state index contributed by atoms with van der Waals surface area (Å²) in [7, 11) is 0. The van der Waals surface area contributed by atoms with Gasteiger partial charge in [0.1, 0.15) is 6.54 Å². The van der Waals surface area contributed by atoms with Crippen LogP contribution in [0.5, 0.6) is 0 Å². The summed E-state index contributed by atoms with van der Waals surface area (Å²) in [6, 6.07) is 20.5. The van der Waals surface area contributed by atoms with Crippen LogP contribution in [0, 0.1) is 0 Å². The molecule has 25 heavy (non-hydrogen) atoms. The largest absolute Gasteiger partial charge is 0.292 e. The topological polar surface area (TPSA) is 64.8 Å². The lowest BCUT2D eigenvalue weighted by Gasteiger charge is -2.02. The van der Waals surface area contributed by atoms with E-state index in [4.69, 9.17) is 0 Å². The number of Topliss-reactive ketones (excluding diaryl/α,β-unsaturated/α-hetero) is 1. The number of hydrogen-bond donors (Lipinski definition) is 0. The Balaban J connectivity index is 1.71. The first-order valence-electron chi connectivity index (χ1n) is 7.73. The third kappa shape index (κ3) is 2.99. The van der Waals surface area contributed by atoms with Crippen LogP contribution >= 0.6 is 11.3 Å². The summed E-state index contributed by atoms with van der Waals surface area (Å²) in [6.45, 7) is -0.123. The summed E-state index contributed by atoms with van der Waals surface area (Å²) in [5.41, 5.74) is 1.27.